The Kier molecular flexibility index (Phi) is 4.02. The summed E-state index contributed by atoms with van der Waals surface area (Å²) in [6, 6.07) is 10.5. The summed E-state index contributed by atoms with van der Waals surface area (Å²) in [5.41, 5.74) is 1.30. The van der Waals surface area contributed by atoms with Gasteiger partial charge in [-0.2, -0.15) is 0 Å². The van der Waals surface area contributed by atoms with Crippen molar-refractivity contribution < 1.29 is 0 Å². The van der Waals surface area contributed by atoms with Crippen LogP contribution >= 0.6 is 11.6 Å². The number of rotatable bonds is 4. The molecular weight excluding hydrogens is 210 g/mol. The average molecular weight is 228 g/mol. The van der Waals surface area contributed by atoms with E-state index < -0.39 is 8.24 Å². The Morgan fingerprint density at radius 3 is 2.14 bits per heavy atom. The van der Waals surface area contributed by atoms with Gasteiger partial charge in [0.1, 0.15) is 8.24 Å². The van der Waals surface area contributed by atoms with Crippen molar-refractivity contribution in [3.63, 3.8) is 0 Å². The smallest absolute Gasteiger partial charge is 0.147 e. The van der Waals surface area contributed by atoms with E-state index in [2.05, 4.69) is 48.5 Å². The van der Waals surface area contributed by atoms with Gasteiger partial charge >= 0.3 is 0 Å². The molecule has 0 aromatic heterocycles. The highest BCUT2D eigenvalue weighted by Crippen LogP contribution is 2.20. The van der Waals surface area contributed by atoms with Crippen molar-refractivity contribution >= 4 is 25.5 Å². The molecule has 0 fully saturated rings. The van der Waals surface area contributed by atoms with Gasteiger partial charge in [-0.05, 0) is 12.1 Å². The van der Waals surface area contributed by atoms with Gasteiger partial charge in [-0.15, -0.1) is 11.6 Å². The topological polar surface area (TPSA) is 3.24 Å². The Morgan fingerprint density at radius 1 is 1.14 bits per heavy atom. The largest absolute Gasteiger partial charge is 0.397 e. The molecule has 0 bridgehead atoms. The van der Waals surface area contributed by atoms with Crippen LogP contribution in [0.2, 0.25) is 19.6 Å². The van der Waals surface area contributed by atoms with Crippen LogP contribution in [-0.4, -0.2) is 20.7 Å². The number of anilines is 1. The fourth-order valence-electron chi connectivity index (χ4n) is 1.54. The Balaban J connectivity index is 2.89. The molecule has 1 rings (SSSR count). The quantitative estimate of drug-likeness (QED) is 0.562. The molecule has 3 heteroatoms. The number of para-hydroxylation sites is 1. The predicted octanol–water partition coefficient (Wildman–Crippen LogP) is 3.57. The summed E-state index contributed by atoms with van der Waals surface area (Å²) in [4.78, 5) is 0. The third kappa shape index (κ3) is 3.03. The molecule has 0 atom stereocenters. The lowest BCUT2D eigenvalue weighted by Gasteiger charge is -2.35. The molecule has 1 aromatic carbocycles. The minimum Gasteiger partial charge on any atom is -0.397 e. The number of halogens is 1. The highest BCUT2D eigenvalue weighted by molar-refractivity contribution is 6.79. The van der Waals surface area contributed by atoms with E-state index >= 15 is 0 Å². The van der Waals surface area contributed by atoms with E-state index in [0.29, 0.717) is 5.88 Å². The molecule has 0 unspecified atom stereocenters. The lowest BCUT2D eigenvalue weighted by atomic mass is 10.3. The minimum atomic E-state index is -1.30. The summed E-state index contributed by atoms with van der Waals surface area (Å²) in [7, 11) is -1.30. The van der Waals surface area contributed by atoms with E-state index in [-0.39, 0.29) is 0 Å². The normalized spacial score (nSPS) is 11.4. The van der Waals surface area contributed by atoms with Crippen LogP contribution in [0.5, 0.6) is 0 Å². The van der Waals surface area contributed by atoms with E-state index in [1.165, 1.54) is 5.69 Å². The number of hydrogen-bond acceptors (Lipinski definition) is 1. The first-order valence-corrected chi connectivity index (χ1v) is 8.92. The predicted molar refractivity (Wildman–Crippen MR) is 67.9 cm³/mol. The van der Waals surface area contributed by atoms with Crippen LogP contribution in [0.25, 0.3) is 0 Å². The zero-order valence-corrected chi connectivity index (χ0v) is 10.9. The molecule has 0 aliphatic heterocycles. The summed E-state index contributed by atoms with van der Waals surface area (Å²) in [5.74, 6) is 0.694. The van der Waals surface area contributed by atoms with Crippen molar-refractivity contribution in [2.24, 2.45) is 0 Å². The van der Waals surface area contributed by atoms with Gasteiger partial charge in [-0.3, -0.25) is 0 Å². The van der Waals surface area contributed by atoms with Crippen molar-refractivity contribution in [1.29, 1.82) is 0 Å². The molecule has 14 heavy (non-hydrogen) atoms. The third-order valence-corrected chi connectivity index (χ3v) is 4.46. The summed E-state index contributed by atoms with van der Waals surface area (Å²) in [5, 5.41) is 0. The third-order valence-electron chi connectivity index (χ3n) is 2.19. The molecule has 0 heterocycles. The van der Waals surface area contributed by atoms with Gasteiger partial charge in [-0.25, -0.2) is 0 Å². The highest BCUT2D eigenvalue weighted by atomic mass is 35.5. The Morgan fingerprint density at radius 2 is 1.71 bits per heavy atom. The maximum Gasteiger partial charge on any atom is 0.147 e. The standard InChI is InChI=1S/C11H18ClNSi/c1-14(2,3)13(10-9-12)11-7-5-4-6-8-11/h4-8H,9-10H2,1-3H3. The molecule has 0 aliphatic rings. The van der Waals surface area contributed by atoms with Crippen molar-refractivity contribution in [1.82, 2.24) is 0 Å². The molecule has 0 aliphatic carbocycles. The molecule has 1 aromatic rings. The van der Waals surface area contributed by atoms with Crippen LogP contribution in [0.3, 0.4) is 0 Å². The molecular formula is C11H18ClNSi. The average Bonchev–Trinajstić information content (AvgIpc) is 2.14. The van der Waals surface area contributed by atoms with Gasteiger partial charge in [0.05, 0.1) is 0 Å². The summed E-state index contributed by atoms with van der Waals surface area (Å²) in [6.45, 7) is 7.97. The minimum absolute atomic E-state index is 0.694. The van der Waals surface area contributed by atoms with Gasteiger partial charge in [0.2, 0.25) is 0 Å². The van der Waals surface area contributed by atoms with Gasteiger partial charge < -0.3 is 4.57 Å². The van der Waals surface area contributed by atoms with Crippen LogP contribution in [0, 0.1) is 0 Å². The number of hydrogen-bond donors (Lipinski definition) is 0. The zero-order chi connectivity index (χ0) is 10.6. The van der Waals surface area contributed by atoms with Gasteiger partial charge in [0, 0.05) is 18.1 Å². The highest BCUT2D eigenvalue weighted by Gasteiger charge is 2.23. The van der Waals surface area contributed by atoms with Gasteiger partial charge in [-0.1, -0.05) is 37.8 Å². The summed E-state index contributed by atoms with van der Waals surface area (Å²) < 4.78 is 2.46. The first kappa shape index (κ1) is 11.6. The SMILES string of the molecule is C[Si](C)(C)N(CCCl)c1ccccc1. The fraction of sp³-hybridized carbons (Fsp3) is 0.455. The first-order chi connectivity index (χ1) is 6.55. The number of alkyl halides is 1. The van der Waals surface area contributed by atoms with Crippen molar-refractivity contribution in [2.45, 2.75) is 19.6 Å². The molecule has 0 N–H and O–H groups in total. The summed E-state index contributed by atoms with van der Waals surface area (Å²) in [6.07, 6.45) is 0. The Labute approximate surface area is 92.8 Å². The molecule has 0 saturated carbocycles. The lowest BCUT2D eigenvalue weighted by molar-refractivity contribution is 1.06. The second-order valence-electron chi connectivity index (χ2n) is 4.35. The van der Waals surface area contributed by atoms with Crippen molar-refractivity contribution in [2.75, 3.05) is 17.0 Å². The Bertz CT molecular complexity index is 268. The van der Waals surface area contributed by atoms with Crippen LogP contribution < -0.4 is 4.57 Å². The van der Waals surface area contributed by atoms with E-state index in [0.717, 1.165) is 6.54 Å². The molecule has 0 spiro atoms. The van der Waals surface area contributed by atoms with Crippen LogP contribution in [0.1, 0.15) is 0 Å². The van der Waals surface area contributed by atoms with E-state index in [1.54, 1.807) is 0 Å². The summed E-state index contributed by atoms with van der Waals surface area (Å²) >= 11 is 5.83. The van der Waals surface area contributed by atoms with Crippen LogP contribution in [-0.2, 0) is 0 Å². The molecule has 1 nitrogen and oxygen atoms in total. The molecule has 78 valence electrons. The van der Waals surface area contributed by atoms with E-state index in [1.807, 2.05) is 6.07 Å². The zero-order valence-electron chi connectivity index (χ0n) is 9.13. The van der Waals surface area contributed by atoms with Gasteiger partial charge in [0.15, 0.2) is 0 Å². The monoisotopic (exact) mass is 227 g/mol. The van der Waals surface area contributed by atoms with E-state index in [4.69, 9.17) is 11.6 Å². The maximum atomic E-state index is 5.83. The first-order valence-electron chi connectivity index (χ1n) is 4.94. The second kappa shape index (κ2) is 4.85. The van der Waals surface area contributed by atoms with Crippen LogP contribution in [0.4, 0.5) is 5.69 Å². The molecule has 0 radical (unpaired) electrons. The number of benzene rings is 1. The molecule has 0 amide bonds. The van der Waals surface area contributed by atoms with Crippen molar-refractivity contribution in [3.8, 4) is 0 Å². The fourth-order valence-corrected chi connectivity index (χ4v) is 3.56. The number of nitrogens with zero attached hydrogens (tertiary/aromatic N) is 1. The Hall–Kier alpha value is -0.473. The second-order valence-corrected chi connectivity index (χ2v) is 9.61. The maximum absolute atomic E-state index is 5.83. The van der Waals surface area contributed by atoms with Crippen molar-refractivity contribution in [3.05, 3.63) is 30.3 Å². The van der Waals surface area contributed by atoms with E-state index in [9.17, 15) is 0 Å². The van der Waals surface area contributed by atoms with Crippen LogP contribution in [0.15, 0.2) is 30.3 Å². The lowest BCUT2D eigenvalue weighted by Crippen LogP contribution is -2.47. The molecule has 0 saturated heterocycles. The van der Waals surface area contributed by atoms with Gasteiger partial charge in [0.25, 0.3) is 0 Å².